The van der Waals surface area contributed by atoms with Crippen molar-refractivity contribution in [1.82, 2.24) is 0 Å². The number of ether oxygens (including phenoxy) is 1. The molecule has 3 rings (SSSR count). The Morgan fingerprint density at radius 1 is 1.08 bits per heavy atom. The zero-order valence-corrected chi connectivity index (χ0v) is 14.9. The molecule has 0 saturated heterocycles. The van der Waals surface area contributed by atoms with Crippen molar-refractivity contribution in [3.63, 3.8) is 0 Å². The summed E-state index contributed by atoms with van der Waals surface area (Å²) < 4.78 is 43.1. The fourth-order valence-electron chi connectivity index (χ4n) is 2.53. The van der Waals surface area contributed by atoms with E-state index < -0.39 is 21.6 Å². The molecule has 2 aromatic carbocycles. The molecule has 0 radical (unpaired) electrons. The second-order valence-electron chi connectivity index (χ2n) is 5.35. The Bertz CT molecular complexity index is 963. The van der Waals surface area contributed by atoms with Crippen molar-refractivity contribution in [2.24, 2.45) is 0 Å². The van der Waals surface area contributed by atoms with Crippen molar-refractivity contribution >= 4 is 42.9 Å². The van der Waals surface area contributed by atoms with E-state index in [-0.39, 0.29) is 11.5 Å². The van der Waals surface area contributed by atoms with Gasteiger partial charge in [-0.1, -0.05) is 34.1 Å². The largest absolute Gasteiger partial charge is 0.457 e. The van der Waals surface area contributed by atoms with Crippen molar-refractivity contribution in [3.8, 4) is 0 Å². The maximum Gasteiger partial charge on any atom is 0.339 e. The molecule has 4 nitrogen and oxygen atoms in total. The molecule has 0 aromatic heterocycles. The SMILES string of the molecule is CS(=O)(=O)c1ccc(C2=C(c3ccc(Br)cc3)C(=O)OC2)cc1F. The average molecular weight is 411 g/mol. The highest BCUT2D eigenvalue weighted by molar-refractivity contribution is 9.10. The van der Waals surface area contributed by atoms with Crippen LogP contribution in [0.1, 0.15) is 11.1 Å². The summed E-state index contributed by atoms with van der Waals surface area (Å²) in [5, 5.41) is 0. The monoisotopic (exact) mass is 410 g/mol. The predicted molar refractivity (Wildman–Crippen MR) is 91.4 cm³/mol. The average Bonchev–Trinajstić information content (AvgIpc) is 2.88. The number of hydrogen-bond acceptors (Lipinski definition) is 4. The molecule has 1 aliphatic rings. The molecule has 0 N–H and O–H groups in total. The zero-order chi connectivity index (χ0) is 17.5. The van der Waals surface area contributed by atoms with E-state index in [0.717, 1.165) is 16.8 Å². The highest BCUT2D eigenvalue weighted by atomic mass is 79.9. The minimum absolute atomic E-state index is 0.0158. The lowest BCUT2D eigenvalue weighted by Crippen LogP contribution is -2.02. The van der Waals surface area contributed by atoms with Gasteiger partial charge in [-0.05, 0) is 35.4 Å². The minimum atomic E-state index is -3.65. The molecule has 0 fully saturated rings. The molecule has 0 atom stereocenters. The number of carbonyl (C=O) groups is 1. The van der Waals surface area contributed by atoms with E-state index in [9.17, 15) is 17.6 Å². The molecule has 0 bridgehead atoms. The van der Waals surface area contributed by atoms with Crippen molar-refractivity contribution in [3.05, 3.63) is 63.9 Å². The van der Waals surface area contributed by atoms with Gasteiger partial charge in [0.25, 0.3) is 0 Å². The molecule has 1 aliphatic heterocycles. The van der Waals surface area contributed by atoms with Gasteiger partial charge in [0.15, 0.2) is 9.84 Å². The third-order valence-electron chi connectivity index (χ3n) is 3.67. The van der Waals surface area contributed by atoms with Gasteiger partial charge in [-0.2, -0.15) is 0 Å². The number of esters is 1. The van der Waals surface area contributed by atoms with E-state index >= 15 is 0 Å². The molecule has 0 aliphatic carbocycles. The van der Waals surface area contributed by atoms with Crippen LogP contribution in [0.5, 0.6) is 0 Å². The Hall–Kier alpha value is -1.99. The summed E-state index contributed by atoms with van der Waals surface area (Å²) in [5.74, 6) is -1.34. The lowest BCUT2D eigenvalue weighted by molar-refractivity contribution is -0.133. The number of hydrogen-bond donors (Lipinski definition) is 0. The van der Waals surface area contributed by atoms with Crippen LogP contribution in [0.4, 0.5) is 4.39 Å². The van der Waals surface area contributed by atoms with E-state index in [1.807, 2.05) is 0 Å². The Morgan fingerprint density at radius 3 is 2.29 bits per heavy atom. The first-order valence-corrected chi connectivity index (χ1v) is 9.62. The van der Waals surface area contributed by atoms with Crippen LogP contribution >= 0.6 is 15.9 Å². The maximum absolute atomic E-state index is 14.1. The first-order chi connectivity index (χ1) is 11.3. The lowest BCUT2D eigenvalue weighted by Gasteiger charge is -2.07. The minimum Gasteiger partial charge on any atom is -0.457 e. The van der Waals surface area contributed by atoms with E-state index in [0.29, 0.717) is 22.3 Å². The number of sulfone groups is 1. The van der Waals surface area contributed by atoms with Crippen molar-refractivity contribution in [2.45, 2.75) is 4.90 Å². The van der Waals surface area contributed by atoms with Crippen molar-refractivity contribution in [2.75, 3.05) is 12.9 Å². The number of benzene rings is 2. The second-order valence-corrected chi connectivity index (χ2v) is 8.25. The van der Waals surface area contributed by atoms with Crippen LogP contribution in [0, 0.1) is 5.82 Å². The number of halogens is 2. The van der Waals surface area contributed by atoms with Gasteiger partial charge in [0.1, 0.15) is 17.3 Å². The fourth-order valence-corrected chi connectivity index (χ4v) is 3.52. The second kappa shape index (κ2) is 6.14. The number of carbonyl (C=O) groups excluding carboxylic acids is 1. The van der Waals surface area contributed by atoms with Crippen LogP contribution in [0.15, 0.2) is 51.8 Å². The Balaban J connectivity index is 2.14. The quantitative estimate of drug-likeness (QED) is 0.726. The summed E-state index contributed by atoms with van der Waals surface area (Å²) in [5.41, 5.74) is 1.96. The van der Waals surface area contributed by atoms with Crippen LogP contribution < -0.4 is 0 Å². The van der Waals surface area contributed by atoms with Crippen LogP contribution in [0.25, 0.3) is 11.1 Å². The molecular weight excluding hydrogens is 399 g/mol. The fraction of sp³-hybridized carbons (Fsp3) is 0.118. The maximum atomic E-state index is 14.1. The standard InChI is InChI=1S/C17H12BrFO4S/c1-24(21,22)15-7-4-11(8-14(15)19)13-9-23-17(20)16(13)10-2-5-12(18)6-3-10/h2-8H,9H2,1H3. The number of rotatable bonds is 3. The van der Waals surface area contributed by atoms with Gasteiger partial charge in [-0.15, -0.1) is 0 Å². The predicted octanol–water partition coefficient (Wildman–Crippen LogP) is 3.46. The molecule has 1 heterocycles. The molecule has 7 heteroatoms. The van der Waals surface area contributed by atoms with Crippen LogP contribution in [-0.2, 0) is 19.4 Å². The molecule has 0 unspecified atom stereocenters. The Labute approximate surface area is 147 Å². The summed E-state index contributed by atoms with van der Waals surface area (Å²) in [7, 11) is -3.65. The first-order valence-electron chi connectivity index (χ1n) is 6.93. The molecule has 0 amide bonds. The van der Waals surface area contributed by atoms with Crippen LogP contribution in [0.2, 0.25) is 0 Å². The van der Waals surface area contributed by atoms with Gasteiger partial charge in [0.05, 0.1) is 5.57 Å². The lowest BCUT2D eigenvalue weighted by atomic mass is 9.97. The third kappa shape index (κ3) is 3.14. The van der Waals surface area contributed by atoms with Gasteiger partial charge in [0, 0.05) is 16.3 Å². The molecule has 24 heavy (non-hydrogen) atoms. The Morgan fingerprint density at radius 2 is 1.71 bits per heavy atom. The van der Waals surface area contributed by atoms with Gasteiger partial charge < -0.3 is 4.74 Å². The summed E-state index contributed by atoms with van der Waals surface area (Å²) in [6, 6.07) is 10.9. The zero-order valence-electron chi connectivity index (χ0n) is 12.5. The molecule has 0 saturated carbocycles. The molecule has 0 spiro atoms. The van der Waals surface area contributed by atoms with Gasteiger partial charge in [-0.3, -0.25) is 0 Å². The summed E-state index contributed by atoms with van der Waals surface area (Å²) in [6.45, 7) is 0.0158. The van der Waals surface area contributed by atoms with Gasteiger partial charge >= 0.3 is 5.97 Å². The number of cyclic esters (lactones) is 1. The van der Waals surface area contributed by atoms with E-state index in [1.165, 1.54) is 12.1 Å². The van der Waals surface area contributed by atoms with E-state index in [2.05, 4.69) is 15.9 Å². The van der Waals surface area contributed by atoms with Crippen molar-refractivity contribution < 1.29 is 22.3 Å². The normalized spacial score (nSPS) is 14.9. The molecular formula is C17H12BrFO4S. The Kier molecular flexibility index (Phi) is 4.31. The van der Waals surface area contributed by atoms with Gasteiger partial charge in [-0.25, -0.2) is 17.6 Å². The van der Waals surface area contributed by atoms with E-state index in [4.69, 9.17) is 4.74 Å². The summed E-state index contributed by atoms with van der Waals surface area (Å²) in [4.78, 5) is 11.7. The first kappa shape index (κ1) is 16.9. The summed E-state index contributed by atoms with van der Waals surface area (Å²) in [6.07, 6.45) is 0.944. The molecule has 124 valence electrons. The van der Waals surface area contributed by atoms with Crippen LogP contribution in [0.3, 0.4) is 0 Å². The summed E-state index contributed by atoms with van der Waals surface area (Å²) >= 11 is 3.33. The topological polar surface area (TPSA) is 60.4 Å². The highest BCUT2D eigenvalue weighted by Gasteiger charge is 2.28. The third-order valence-corrected chi connectivity index (χ3v) is 5.32. The van der Waals surface area contributed by atoms with Crippen molar-refractivity contribution in [1.29, 1.82) is 0 Å². The van der Waals surface area contributed by atoms with E-state index in [1.54, 1.807) is 24.3 Å². The highest BCUT2D eigenvalue weighted by Crippen LogP contribution is 2.34. The van der Waals surface area contributed by atoms with Crippen LogP contribution in [-0.4, -0.2) is 27.2 Å². The smallest absolute Gasteiger partial charge is 0.339 e. The van der Waals surface area contributed by atoms with Gasteiger partial charge in [0.2, 0.25) is 0 Å². The molecule has 2 aromatic rings.